The number of ether oxygens (including phenoxy) is 3. The van der Waals surface area contributed by atoms with Crippen LogP contribution >= 0.6 is 11.6 Å². The minimum absolute atomic E-state index is 0.375. The van der Waals surface area contributed by atoms with E-state index in [2.05, 4.69) is 20.6 Å². The summed E-state index contributed by atoms with van der Waals surface area (Å²) < 4.78 is 16.2. The van der Waals surface area contributed by atoms with Crippen molar-refractivity contribution < 1.29 is 19.0 Å². The second kappa shape index (κ2) is 10.8. The maximum Gasteiger partial charge on any atom is 0.324 e. The van der Waals surface area contributed by atoms with Crippen LogP contribution in [0.3, 0.4) is 0 Å². The van der Waals surface area contributed by atoms with Crippen LogP contribution in [0.5, 0.6) is 17.2 Å². The molecule has 0 aliphatic carbocycles. The fourth-order valence-electron chi connectivity index (χ4n) is 3.47. The van der Waals surface area contributed by atoms with Crippen LogP contribution in [0.1, 0.15) is 11.4 Å². The van der Waals surface area contributed by atoms with Gasteiger partial charge in [-0.1, -0.05) is 35.9 Å². The highest BCUT2D eigenvalue weighted by atomic mass is 35.5. The lowest BCUT2D eigenvalue weighted by molar-refractivity contribution is 0.262. The number of anilines is 2. The second-order valence-corrected chi connectivity index (χ2v) is 7.77. The van der Waals surface area contributed by atoms with Crippen LogP contribution in [0.25, 0.3) is 23.1 Å². The van der Waals surface area contributed by atoms with Gasteiger partial charge in [0.15, 0.2) is 17.3 Å². The second-order valence-electron chi connectivity index (χ2n) is 7.33. The quantitative estimate of drug-likeness (QED) is 0.324. The number of halogens is 1. The van der Waals surface area contributed by atoms with Crippen molar-refractivity contribution in [2.45, 2.75) is 0 Å². The first-order valence-corrected chi connectivity index (χ1v) is 11.0. The smallest absolute Gasteiger partial charge is 0.324 e. The van der Waals surface area contributed by atoms with Crippen molar-refractivity contribution >= 4 is 52.2 Å². The third-order valence-electron chi connectivity index (χ3n) is 5.05. The maximum absolute atomic E-state index is 12.6. The lowest BCUT2D eigenvalue weighted by atomic mass is 10.1. The Labute approximate surface area is 207 Å². The van der Waals surface area contributed by atoms with Crippen molar-refractivity contribution in [1.29, 1.82) is 0 Å². The van der Waals surface area contributed by atoms with Crippen LogP contribution in [0.2, 0.25) is 5.02 Å². The van der Waals surface area contributed by atoms with Crippen LogP contribution in [0.4, 0.5) is 16.3 Å². The highest BCUT2D eigenvalue weighted by Crippen LogP contribution is 2.38. The first-order chi connectivity index (χ1) is 17.0. The van der Waals surface area contributed by atoms with Crippen molar-refractivity contribution in [3.05, 3.63) is 77.1 Å². The summed E-state index contributed by atoms with van der Waals surface area (Å²) >= 11 is 6.01. The van der Waals surface area contributed by atoms with E-state index in [1.807, 2.05) is 42.5 Å². The molecule has 1 aromatic heterocycles. The predicted octanol–water partition coefficient (Wildman–Crippen LogP) is 6.12. The molecule has 0 radical (unpaired) electrons. The van der Waals surface area contributed by atoms with Gasteiger partial charge >= 0.3 is 6.03 Å². The highest BCUT2D eigenvalue weighted by molar-refractivity contribution is 6.30. The molecule has 0 fully saturated rings. The Bertz CT molecular complexity index is 1380. The average Bonchev–Trinajstić information content (AvgIpc) is 2.86. The molecule has 0 saturated carbocycles. The highest BCUT2D eigenvalue weighted by Gasteiger charge is 2.13. The van der Waals surface area contributed by atoms with Gasteiger partial charge in [-0.05, 0) is 54.1 Å². The molecule has 0 atom stereocenters. The zero-order chi connectivity index (χ0) is 24.8. The summed E-state index contributed by atoms with van der Waals surface area (Å²) in [5, 5.41) is 6.79. The number of carbonyl (C=O) groups is 1. The van der Waals surface area contributed by atoms with E-state index in [1.165, 1.54) is 0 Å². The summed E-state index contributed by atoms with van der Waals surface area (Å²) in [5.74, 6) is 2.36. The Morgan fingerprint density at radius 2 is 1.60 bits per heavy atom. The van der Waals surface area contributed by atoms with Gasteiger partial charge < -0.3 is 19.5 Å². The van der Waals surface area contributed by atoms with Crippen molar-refractivity contribution in [1.82, 2.24) is 9.97 Å². The van der Waals surface area contributed by atoms with Crippen molar-refractivity contribution in [3.8, 4) is 17.2 Å². The molecule has 35 heavy (non-hydrogen) atoms. The van der Waals surface area contributed by atoms with E-state index in [0.29, 0.717) is 50.5 Å². The molecule has 0 unspecified atom stereocenters. The number of amides is 2. The summed E-state index contributed by atoms with van der Waals surface area (Å²) in [6.45, 7) is 0. The van der Waals surface area contributed by atoms with Gasteiger partial charge in [-0.2, -0.15) is 0 Å². The normalized spacial score (nSPS) is 10.9. The summed E-state index contributed by atoms with van der Waals surface area (Å²) in [6.07, 6.45) is 3.57. The zero-order valence-electron chi connectivity index (χ0n) is 19.3. The fourth-order valence-corrected chi connectivity index (χ4v) is 3.66. The lowest BCUT2D eigenvalue weighted by Crippen LogP contribution is -2.20. The van der Waals surface area contributed by atoms with Crippen molar-refractivity contribution in [2.75, 3.05) is 32.0 Å². The number of methoxy groups -OCH3 is 3. The first kappa shape index (κ1) is 23.8. The molecular formula is C26H23ClN4O4. The molecule has 9 heteroatoms. The largest absolute Gasteiger partial charge is 0.493 e. The van der Waals surface area contributed by atoms with Gasteiger partial charge in [-0.3, -0.25) is 5.32 Å². The van der Waals surface area contributed by atoms with Gasteiger partial charge in [0, 0.05) is 16.1 Å². The number of hydrogen-bond acceptors (Lipinski definition) is 6. The van der Waals surface area contributed by atoms with Gasteiger partial charge in [0.2, 0.25) is 5.75 Å². The predicted molar refractivity (Wildman–Crippen MR) is 139 cm³/mol. The van der Waals surface area contributed by atoms with Gasteiger partial charge in [-0.15, -0.1) is 0 Å². The van der Waals surface area contributed by atoms with Gasteiger partial charge in [0.1, 0.15) is 5.82 Å². The Balaban J connectivity index is 1.64. The molecule has 1 heterocycles. The molecule has 0 aliphatic rings. The van der Waals surface area contributed by atoms with E-state index in [1.54, 1.807) is 51.7 Å². The van der Waals surface area contributed by atoms with E-state index in [-0.39, 0.29) is 0 Å². The molecule has 2 amide bonds. The maximum atomic E-state index is 12.6. The van der Waals surface area contributed by atoms with Gasteiger partial charge in [-0.25, -0.2) is 14.8 Å². The number of rotatable bonds is 7. The molecule has 4 aromatic rings. The van der Waals surface area contributed by atoms with E-state index < -0.39 is 6.03 Å². The van der Waals surface area contributed by atoms with E-state index in [4.69, 9.17) is 25.8 Å². The van der Waals surface area contributed by atoms with E-state index in [0.717, 1.165) is 5.56 Å². The molecule has 178 valence electrons. The third-order valence-corrected chi connectivity index (χ3v) is 5.28. The van der Waals surface area contributed by atoms with Gasteiger partial charge in [0.05, 0.1) is 26.8 Å². The monoisotopic (exact) mass is 490 g/mol. The van der Waals surface area contributed by atoms with E-state index >= 15 is 0 Å². The van der Waals surface area contributed by atoms with Crippen molar-refractivity contribution in [2.24, 2.45) is 0 Å². The van der Waals surface area contributed by atoms with Crippen LogP contribution in [-0.4, -0.2) is 37.3 Å². The molecule has 8 nitrogen and oxygen atoms in total. The Hall–Kier alpha value is -4.30. The summed E-state index contributed by atoms with van der Waals surface area (Å²) in [5.41, 5.74) is 2.05. The van der Waals surface area contributed by atoms with Crippen LogP contribution < -0.4 is 24.8 Å². The third kappa shape index (κ3) is 5.62. The molecule has 4 rings (SSSR count). The molecule has 0 aliphatic heterocycles. The van der Waals surface area contributed by atoms with Gasteiger partial charge in [0.25, 0.3) is 0 Å². The molecule has 2 N–H and O–H groups in total. The minimum Gasteiger partial charge on any atom is -0.493 e. The minimum atomic E-state index is -0.448. The number of carbonyl (C=O) groups excluding carboxylic acids is 1. The first-order valence-electron chi connectivity index (χ1n) is 10.6. The fraction of sp³-hybridized carbons (Fsp3) is 0.115. The number of fused-ring (bicyclic) bond motifs is 1. The average molecular weight is 491 g/mol. The molecule has 3 aromatic carbocycles. The lowest BCUT2D eigenvalue weighted by Gasteiger charge is -2.13. The van der Waals surface area contributed by atoms with E-state index in [9.17, 15) is 4.79 Å². The molecule has 0 bridgehead atoms. The number of nitrogens with one attached hydrogen (secondary N) is 2. The Morgan fingerprint density at radius 1 is 0.857 bits per heavy atom. The zero-order valence-corrected chi connectivity index (χ0v) is 20.1. The summed E-state index contributed by atoms with van der Waals surface area (Å²) in [7, 11) is 4.67. The topological polar surface area (TPSA) is 94.6 Å². The number of nitrogens with zero attached hydrogens (tertiary/aromatic N) is 2. The van der Waals surface area contributed by atoms with Crippen LogP contribution in [0.15, 0.2) is 60.7 Å². The number of urea groups is 1. The summed E-state index contributed by atoms with van der Waals surface area (Å²) in [6, 6.07) is 17.5. The standard InChI is InChI=1S/C26H23ClN4O4/c1-33-21-13-16(14-22(34-2)24(21)35-3)11-12-23-29-20-10-5-4-9-19(20)25(30-23)31-26(32)28-18-8-6-7-17(27)15-18/h4-15H,1-3H3,(H2,28,29,30,31,32)/b12-11+. The number of aromatic nitrogens is 2. The molecule has 0 spiro atoms. The number of hydrogen-bond donors (Lipinski definition) is 2. The molecule has 0 saturated heterocycles. The van der Waals surface area contributed by atoms with Crippen molar-refractivity contribution in [3.63, 3.8) is 0 Å². The number of para-hydroxylation sites is 1. The summed E-state index contributed by atoms with van der Waals surface area (Å²) in [4.78, 5) is 21.8. The van der Waals surface area contributed by atoms with Crippen LogP contribution in [0, 0.1) is 0 Å². The number of benzene rings is 3. The van der Waals surface area contributed by atoms with Crippen LogP contribution in [-0.2, 0) is 0 Å². The Morgan fingerprint density at radius 3 is 2.29 bits per heavy atom. The SMILES string of the molecule is COc1cc(/C=C/c2nc(NC(=O)Nc3cccc(Cl)c3)c3ccccc3n2)cc(OC)c1OC. The molecular weight excluding hydrogens is 468 g/mol. The Kier molecular flexibility index (Phi) is 7.32.